The molecule has 1 aromatic carbocycles. The van der Waals surface area contributed by atoms with E-state index in [1.807, 2.05) is 19.9 Å². The van der Waals surface area contributed by atoms with Gasteiger partial charge in [0.1, 0.15) is 5.75 Å². The number of ether oxygens (including phenoxy) is 1. The first-order chi connectivity index (χ1) is 9.19. The molecule has 0 fully saturated rings. The summed E-state index contributed by atoms with van der Waals surface area (Å²) in [6.07, 6.45) is 2.27. The molecule has 0 amide bonds. The summed E-state index contributed by atoms with van der Waals surface area (Å²) in [4.78, 5) is 5.84. The third-order valence-corrected chi connectivity index (χ3v) is 3.81. The van der Waals surface area contributed by atoms with Gasteiger partial charge in [-0.25, -0.2) is 0 Å². The van der Waals surface area contributed by atoms with Crippen LogP contribution in [0, 0.1) is 0 Å². The van der Waals surface area contributed by atoms with Crippen molar-refractivity contribution >= 4 is 10.9 Å². The highest BCUT2D eigenvalue weighted by Crippen LogP contribution is 2.33. The zero-order valence-electron chi connectivity index (χ0n) is 12.6. The van der Waals surface area contributed by atoms with Crippen LogP contribution in [-0.2, 0) is 12.8 Å². The lowest BCUT2D eigenvalue weighted by atomic mass is 10.1. The van der Waals surface area contributed by atoms with Crippen molar-refractivity contribution < 1.29 is 4.74 Å². The van der Waals surface area contributed by atoms with Gasteiger partial charge >= 0.3 is 0 Å². The number of benzene rings is 1. The van der Waals surface area contributed by atoms with E-state index in [1.54, 1.807) is 7.11 Å². The molecule has 19 heavy (non-hydrogen) atoms. The third kappa shape index (κ3) is 2.47. The van der Waals surface area contributed by atoms with E-state index in [2.05, 4.69) is 36.1 Å². The second-order valence-corrected chi connectivity index (χ2v) is 5.02. The van der Waals surface area contributed by atoms with E-state index >= 15 is 0 Å². The first-order valence-electron chi connectivity index (χ1n) is 7.03. The van der Waals surface area contributed by atoms with E-state index < -0.39 is 0 Å². The number of rotatable bonds is 2. The van der Waals surface area contributed by atoms with Gasteiger partial charge in [-0.15, -0.1) is 0 Å². The normalized spacial score (nSPS) is 17.3. The average molecular weight is 260 g/mol. The summed E-state index contributed by atoms with van der Waals surface area (Å²) in [5.74, 6) is 0.918. The standard InChI is InChI=1S/C14H18N2O.C2H6/c1-16(2)9-6-12-11-5-4-10(17-3)8-14(11)15-13(12)7-9;1-2/h4-5,8-9,15H,6-7H2,1-3H3;1-2H3. The molecule has 0 spiro atoms. The van der Waals surface area contributed by atoms with E-state index in [0.29, 0.717) is 6.04 Å². The van der Waals surface area contributed by atoms with Crippen LogP contribution in [-0.4, -0.2) is 37.1 Å². The molecular formula is C16H24N2O. The molecule has 1 heterocycles. The molecule has 0 saturated carbocycles. The predicted octanol–water partition coefficient (Wildman–Crippen LogP) is 3.23. The average Bonchev–Trinajstić information content (AvgIpc) is 2.97. The number of hydrogen-bond donors (Lipinski definition) is 1. The van der Waals surface area contributed by atoms with Crippen LogP contribution in [0.4, 0.5) is 0 Å². The second-order valence-electron chi connectivity index (χ2n) is 5.02. The number of hydrogen-bond acceptors (Lipinski definition) is 2. The SMILES string of the molecule is CC.COc1ccc2c3c([nH]c2c1)CC(N(C)C)C3. The Hall–Kier alpha value is -1.48. The van der Waals surface area contributed by atoms with Gasteiger partial charge in [-0.1, -0.05) is 13.8 Å². The van der Waals surface area contributed by atoms with Gasteiger partial charge in [0.2, 0.25) is 0 Å². The number of nitrogens with one attached hydrogen (secondary N) is 1. The number of H-pyrrole nitrogens is 1. The van der Waals surface area contributed by atoms with Gasteiger partial charge in [-0.2, -0.15) is 0 Å². The number of methoxy groups -OCH3 is 1. The lowest BCUT2D eigenvalue weighted by Crippen LogP contribution is -2.28. The van der Waals surface area contributed by atoms with Crippen molar-refractivity contribution in [2.24, 2.45) is 0 Å². The molecule has 3 heteroatoms. The van der Waals surface area contributed by atoms with Crippen molar-refractivity contribution in [2.75, 3.05) is 21.2 Å². The predicted molar refractivity (Wildman–Crippen MR) is 81.1 cm³/mol. The Morgan fingerprint density at radius 1 is 1.21 bits per heavy atom. The summed E-state index contributed by atoms with van der Waals surface area (Å²) in [7, 11) is 6.02. The largest absolute Gasteiger partial charge is 0.497 e. The highest BCUT2D eigenvalue weighted by atomic mass is 16.5. The van der Waals surface area contributed by atoms with Crippen LogP contribution in [0.15, 0.2) is 18.2 Å². The van der Waals surface area contributed by atoms with Crippen LogP contribution in [0.1, 0.15) is 25.1 Å². The second kappa shape index (κ2) is 5.66. The summed E-state index contributed by atoms with van der Waals surface area (Å²) < 4.78 is 5.25. The highest BCUT2D eigenvalue weighted by molar-refractivity contribution is 5.86. The Morgan fingerprint density at radius 2 is 1.95 bits per heavy atom. The quantitative estimate of drug-likeness (QED) is 0.898. The van der Waals surface area contributed by atoms with Crippen LogP contribution < -0.4 is 4.74 Å². The zero-order chi connectivity index (χ0) is 14.0. The summed E-state index contributed by atoms with van der Waals surface area (Å²) in [6, 6.07) is 6.93. The fourth-order valence-corrected chi connectivity index (χ4v) is 2.73. The van der Waals surface area contributed by atoms with Crippen LogP contribution in [0.3, 0.4) is 0 Å². The Morgan fingerprint density at radius 3 is 2.58 bits per heavy atom. The molecule has 0 aliphatic heterocycles. The minimum atomic E-state index is 0.641. The van der Waals surface area contributed by atoms with Crippen LogP contribution in [0.5, 0.6) is 5.75 Å². The molecule has 1 aromatic heterocycles. The van der Waals surface area contributed by atoms with Gasteiger partial charge in [-0.3, -0.25) is 0 Å². The topological polar surface area (TPSA) is 28.3 Å². The van der Waals surface area contributed by atoms with E-state index in [1.165, 1.54) is 22.2 Å². The van der Waals surface area contributed by atoms with Crippen LogP contribution in [0.2, 0.25) is 0 Å². The molecule has 1 aliphatic rings. The van der Waals surface area contributed by atoms with E-state index in [0.717, 1.165) is 18.6 Å². The van der Waals surface area contributed by atoms with Gasteiger partial charge in [0, 0.05) is 35.1 Å². The molecule has 2 aromatic rings. The molecule has 0 bridgehead atoms. The fourth-order valence-electron chi connectivity index (χ4n) is 2.73. The van der Waals surface area contributed by atoms with Gasteiger partial charge in [0.25, 0.3) is 0 Å². The van der Waals surface area contributed by atoms with E-state index in [9.17, 15) is 0 Å². The van der Waals surface area contributed by atoms with Crippen molar-refractivity contribution in [1.82, 2.24) is 9.88 Å². The monoisotopic (exact) mass is 260 g/mol. The molecule has 1 unspecified atom stereocenters. The number of nitrogens with zero attached hydrogens (tertiary/aromatic N) is 1. The van der Waals surface area contributed by atoms with Crippen molar-refractivity contribution in [3.8, 4) is 5.75 Å². The lowest BCUT2D eigenvalue weighted by Gasteiger charge is -2.18. The van der Waals surface area contributed by atoms with Gasteiger partial charge in [-0.05, 0) is 38.2 Å². The zero-order valence-corrected chi connectivity index (χ0v) is 12.6. The van der Waals surface area contributed by atoms with Gasteiger partial charge in [0.15, 0.2) is 0 Å². The number of aromatic amines is 1. The van der Waals surface area contributed by atoms with Gasteiger partial charge < -0.3 is 14.6 Å². The molecule has 0 saturated heterocycles. The Bertz CT molecular complexity index is 557. The minimum absolute atomic E-state index is 0.641. The Balaban J connectivity index is 0.000000637. The van der Waals surface area contributed by atoms with Crippen molar-refractivity contribution in [1.29, 1.82) is 0 Å². The molecule has 0 radical (unpaired) electrons. The summed E-state index contributed by atoms with van der Waals surface area (Å²) in [5, 5.41) is 1.35. The van der Waals surface area contributed by atoms with Crippen LogP contribution in [0.25, 0.3) is 10.9 Å². The Kier molecular flexibility index (Phi) is 4.15. The molecule has 104 valence electrons. The molecular weight excluding hydrogens is 236 g/mol. The molecule has 3 rings (SSSR count). The van der Waals surface area contributed by atoms with Crippen molar-refractivity contribution in [2.45, 2.75) is 32.7 Å². The van der Waals surface area contributed by atoms with E-state index in [4.69, 9.17) is 4.74 Å². The fraction of sp³-hybridized carbons (Fsp3) is 0.500. The van der Waals surface area contributed by atoms with Crippen molar-refractivity contribution in [3.05, 3.63) is 29.5 Å². The number of fused-ring (bicyclic) bond motifs is 3. The maximum absolute atomic E-state index is 5.25. The maximum Gasteiger partial charge on any atom is 0.120 e. The first kappa shape index (κ1) is 13.9. The molecule has 1 N–H and O–H groups in total. The molecule has 1 aliphatic carbocycles. The first-order valence-corrected chi connectivity index (χ1v) is 7.03. The lowest BCUT2D eigenvalue weighted by molar-refractivity contribution is 0.303. The van der Waals surface area contributed by atoms with Crippen LogP contribution >= 0.6 is 0 Å². The number of aromatic nitrogens is 1. The smallest absolute Gasteiger partial charge is 0.120 e. The number of likely N-dealkylation sites (N-methyl/N-ethyl adjacent to an activating group) is 1. The van der Waals surface area contributed by atoms with Crippen molar-refractivity contribution in [3.63, 3.8) is 0 Å². The summed E-state index contributed by atoms with van der Waals surface area (Å²) in [6.45, 7) is 4.00. The van der Waals surface area contributed by atoms with Gasteiger partial charge in [0.05, 0.1) is 7.11 Å². The highest BCUT2D eigenvalue weighted by Gasteiger charge is 2.26. The molecule has 3 nitrogen and oxygen atoms in total. The molecule has 1 atom stereocenters. The summed E-state index contributed by atoms with van der Waals surface area (Å²) >= 11 is 0. The van der Waals surface area contributed by atoms with E-state index in [-0.39, 0.29) is 0 Å². The maximum atomic E-state index is 5.25. The third-order valence-electron chi connectivity index (χ3n) is 3.81. The minimum Gasteiger partial charge on any atom is -0.497 e. The Labute approximate surface area is 115 Å². The summed E-state index contributed by atoms with van der Waals surface area (Å²) in [5.41, 5.74) is 4.08.